The molecule has 1 rings (SSSR count). The Labute approximate surface area is 98.7 Å². The predicted molar refractivity (Wildman–Crippen MR) is 67.6 cm³/mol. The molecule has 0 aliphatic heterocycles. The molecule has 1 aromatic rings. The number of benzene rings is 1. The molecule has 0 atom stereocenters. The summed E-state index contributed by atoms with van der Waals surface area (Å²) in [4.78, 5) is 12.9. The fourth-order valence-corrected chi connectivity index (χ4v) is 1.84. The molecule has 0 saturated carbocycles. The van der Waals surface area contributed by atoms with Crippen LogP contribution in [0.1, 0.15) is 17.3 Å². The second kappa shape index (κ2) is 5.12. The van der Waals surface area contributed by atoms with Gasteiger partial charge in [-0.3, -0.25) is 4.79 Å². The maximum absolute atomic E-state index is 10.9. The van der Waals surface area contributed by atoms with Crippen LogP contribution < -0.4 is 4.90 Å². The number of carbonyl (C=O) groups is 1. The average Bonchev–Trinajstić information content (AvgIpc) is 2.16. The van der Waals surface area contributed by atoms with Gasteiger partial charge in [-0.25, -0.2) is 0 Å². The Kier molecular flexibility index (Phi) is 4.09. The zero-order valence-corrected chi connectivity index (χ0v) is 10.5. The number of aldehydes is 1. The summed E-state index contributed by atoms with van der Waals surface area (Å²) in [5.41, 5.74) is 2.68. The molecule has 0 N–H and O–H groups in total. The number of hydrogen-bond donors (Lipinski definition) is 0. The fraction of sp³-hybridized carbons (Fsp3) is 0.250. The minimum absolute atomic E-state index is 0.688. The van der Waals surface area contributed by atoms with Crippen molar-refractivity contribution in [3.63, 3.8) is 0 Å². The van der Waals surface area contributed by atoms with E-state index in [0.29, 0.717) is 5.56 Å². The summed E-state index contributed by atoms with van der Waals surface area (Å²) in [7, 11) is 1.95. The van der Waals surface area contributed by atoms with Crippen LogP contribution in [0.2, 0.25) is 0 Å². The lowest BCUT2D eigenvalue weighted by molar-refractivity contribution is 0.112. The number of nitrogens with zero attached hydrogens (tertiary/aromatic N) is 1. The predicted octanol–water partition coefficient (Wildman–Crippen LogP) is 3.27. The third-order valence-electron chi connectivity index (χ3n) is 2.03. The lowest BCUT2D eigenvalue weighted by atomic mass is 10.1. The smallest absolute Gasteiger partial charge is 0.152 e. The number of carbonyl (C=O) groups excluding carboxylic acids is 1. The van der Waals surface area contributed by atoms with Gasteiger partial charge in [-0.15, -0.1) is 0 Å². The highest BCUT2D eigenvalue weighted by Gasteiger charge is 2.07. The molecule has 0 heterocycles. The molecular formula is C12H14BrNO. The zero-order valence-electron chi connectivity index (χ0n) is 8.96. The van der Waals surface area contributed by atoms with E-state index >= 15 is 0 Å². The van der Waals surface area contributed by atoms with Crippen molar-refractivity contribution in [2.75, 3.05) is 18.5 Å². The van der Waals surface area contributed by atoms with E-state index in [1.165, 1.54) is 0 Å². The first kappa shape index (κ1) is 12.0. The summed E-state index contributed by atoms with van der Waals surface area (Å²) >= 11 is 3.34. The molecule has 1 aromatic carbocycles. The molecule has 0 saturated heterocycles. The Balaban J connectivity index is 3.02. The molecule has 0 aliphatic carbocycles. The van der Waals surface area contributed by atoms with Gasteiger partial charge in [0.15, 0.2) is 6.29 Å². The van der Waals surface area contributed by atoms with Crippen molar-refractivity contribution in [3.8, 4) is 0 Å². The SMILES string of the molecule is C=C(C)CN(C)c1ccc(Br)cc1C=O. The Bertz CT molecular complexity index is 387. The second-order valence-corrected chi connectivity index (χ2v) is 4.55. The van der Waals surface area contributed by atoms with Gasteiger partial charge in [0.05, 0.1) is 0 Å². The van der Waals surface area contributed by atoms with E-state index < -0.39 is 0 Å². The van der Waals surface area contributed by atoms with Crippen molar-refractivity contribution >= 4 is 27.9 Å². The quantitative estimate of drug-likeness (QED) is 0.617. The molecule has 0 aliphatic rings. The summed E-state index contributed by atoms with van der Waals surface area (Å²) in [5, 5.41) is 0. The molecule has 0 fully saturated rings. The molecule has 0 spiro atoms. The van der Waals surface area contributed by atoms with Crippen molar-refractivity contribution in [2.45, 2.75) is 6.92 Å². The number of hydrogen-bond acceptors (Lipinski definition) is 2. The molecule has 0 aromatic heterocycles. The van der Waals surface area contributed by atoms with Crippen molar-refractivity contribution in [1.29, 1.82) is 0 Å². The highest BCUT2D eigenvalue weighted by atomic mass is 79.9. The number of rotatable bonds is 4. The summed E-state index contributed by atoms with van der Waals surface area (Å²) in [5.74, 6) is 0. The number of anilines is 1. The monoisotopic (exact) mass is 267 g/mol. The molecule has 2 nitrogen and oxygen atoms in total. The highest BCUT2D eigenvalue weighted by Crippen LogP contribution is 2.22. The second-order valence-electron chi connectivity index (χ2n) is 3.63. The van der Waals surface area contributed by atoms with E-state index in [0.717, 1.165) is 28.6 Å². The molecule has 0 amide bonds. The summed E-state index contributed by atoms with van der Waals surface area (Å²) in [6.07, 6.45) is 0.870. The summed E-state index contributed by atoms with van der Waals surface area (Å²) < 4.78 is 0.914. The van der Waals surface area contributed by atoms with E-state index in [1.54, 1.807) is 0 Å². The van der Waals surface area contributed by atoms with Crippen LogP contribution in [0.5, 0.6) is 0 Å². The Morgan fingerprint density at radius 1 is 1.60 bits per heavy atom. The molecule has 15 heavy (non-hydrogen) atoms. The molecule has 0 unspecified atom stereocenters. The van der Waals surface area contributed by atoms with Gasteiger partial charge in [0.1, 0.15) is 0 Å². The van der Waals surface area contributed by atoms with Crippen molar-refractivity contribution in [2.24, 2.45) is 0 Å². The van der Waals surface area contributed by atoms with Crippen LogP contribution in [-0.2, 0) is 0 Å². The van der Waals surface area contributed by atoms with Crippen LogP contribution in [0.4, 0.5) is 5.69 Å². The van der Waals surface area contributed by atoms with Crippen LogP contribution >= 0.6 is 15.9 Å². The van der Waals surface area contributed by atoms with Gasteiger partial charge in [0.25, 0.3) is 0 Å². The van der Waals surface area contributed by atoms with E-state index in [4.69, 9.17) is 0 Å². The van der Waals surface area contributed by atoms with Gasteiger partial charge in [-0.2, -0.15) is 0 Å². The summed E-state index contributed by atoms with van der Waals surface area (Å²) in [6, 6.07) is 5.67. The highest BCUT2D eigenvalue weighted by molar-refractivity contribution is 9.10. The Morgan fingerprint density at radius 3 is 2.80 bits per heavy atom. The third-order valence-corrected chi connectivity index (χ3v) is 2.53. The standard InChI is InChI=1S/C12H14BrNO/c1-9(2)7-14(3)12-5-4-11(13)6-10(12)8-15/h4-6,8H,1,7H2,2-3H3. The first-order valence-electron chi connectivity index (χ1n) is 4.65. The van der Waals surface area contributed by atoms with Crippen molar-refractivity contribution in [3.05, 3.63) is 40.4 Å². The fourth-order valence-electron chi connectivity index (χ4n) is 1.46. The minimum Gasteiger partial charge on any atom is -0.370 e. The van der Waals surface area contributed by atoms with Gasteiger partial charge < -0.3 is 4.90 Å². The van der Waals surface area contributed by atoms with Gasteiger partial charge in [-0.1, -0.05) is 28.1 Å². The van der Waals surface area contributed by atoms with Crippen LogP contribution in [-0.4, -0.2) is 19.9 Å². The van der Waals surface area contributed by atoms with Crippen molar-refractivity contribution in [1.82, 2.24) is 0 Å². The molecule has 3 heteroatoms. The summed E-state index contributed by atoms with van der Waals surface area (Å²) in [6.45, 7) is 6.58. The van der Waals surface area contributed by atoms with E-state index in [-0.39, 0.29) is 0 Å². The van der Waals surface area contributed by atoms with Crippen LogP contribution in [0, 0.1) is 0 Å². The normalized spacial score (nSPS) is 9.80. The van der Waals surface area contributed by atoms with Crippen LogP contribution in [0.3, 0.4) is 0 Å². The maximum Gasteiger partial charge on any atom is 0.152 e. The minimum atomic E-state index is 0.688. The van der Waals surface area contributed by atoms with Crippen molar-refractivity contribution < 1.29 is 4.79 Å². The van der Waals surface area contributed by atoms with E-state index in [2.05, 4.69) is 22.5 Å². The third kappa shape index (κ3) is 3.20. The van der Waals surface area contributed by atoms with E-state index in [9.17, 15) is 4.79 Å². The number of halogens is 1. The van der Waals surface area contributed by atoms with Crippen LogP contribution in [0.25, 0.3) is 0 Å². The number of likely N-dealkylation sites (N-methyl/N-ethyl adjacent to an activating group) is 1. The zero-order chi connectivity index (χ0) is 11.4. The first-order chi connectivity index (χ1) is 7.04. The lowest BCUT2D eigenvalue weighted by Crippen LogP contribution is -2.20. The van der Waals surface area contributed by atoms with Crippen LogP contribution in [0.15, 0.2) is 34.8 Å². The molecule has 0 bridgehead atoms. The van der Waals surface area contributed by atoms with E-state index in [1.807, 2.05) is 37.1 Å². The largest absolute Gasteiger partial charge is 0.370 e. The molecule has 80 valence electrons. The Hall–Kier alpha value is -1.09. The van der Waals surface area contributed by atoms with Gasteiger partial charge >= 0.3 is 0 Å². The van der Waals surface area contributed by atoms with Gasteiger partial charge in [-0.05, 0) is 25.1 Å². The van der Waals surface area contributed by atoms with Gasteiger partial charge in [0, 0.05) is 29.3 Å². The molecule has 0 radical (unpaired) electrons. The average molecular weight is 268 g/mol. The molecular weight excluding hydrogens is 254 g/mol. The topological polar surface area (TPSA) is 20.3 Å². The maximum atomic E-state index is 10.9. The Morgan fingerprint density at radius 2 is 2.27 bits per heavy atom. The lowest BCUT2D eigenvalue weighted by Gasteiger charge is -2.21. The first-order valence-corrected chi connectivity index (χ1v) is 5.44. The van der Waals surface area contributed by atoms with Gasteiger partial charge in [0.2, 0.25) is 0 Å².